The van der Waals surface area contributed by atoms with Gasteiger partial charge >= 0.3 is 6.18 Å². The molecule has 1 N–H and O–H groups in total. The minimum atomic E-state index is -4.56. The van der Waals surface area contributed by atoms with Crippen molar-refractivity contribution in [1.29, 1.82) is 0 Å². The summed E-state index contributed by atoms with van der Waals surface area (Å²) in [4.78, 5) is 13.4. The van der Waals surface area contributed by atoms with Crippen molar-refractivity contribution in [3.63, 3.8) is 0 Å². The average Bonchev–Trinajstić information content (AvgIpc) is 2.71. The molecule has 0 aliphatic carbocycles. The van der Waals surface area contributed by atoms with Crippen LogP contribution in [0.25, 0.3) is 5.69 Å². The summed E-state index contributed by atoms with van der Waals surface area (Å²) < 4.78 is 38.3. The Kier molecular flexibility index (Phi) is 3.13. The molecular formula is C12H12F3N3O. The molecule has 0 saturated heterocycles. The van der Waals surface area contributed by atoms with Crippen LogP contribution in [0.1, 0.15) is 5.69 Å². The van der Waals surface area contributed by atoms with Gasteiger partial charge in [0, 0.05) is 25.8 Å². The Morgan fingerprint density at radius 2 is 1.74 bits per heavy atom. The first-order valence-electron chi connectivity index (χ1n) is 5.46. The second kappa shape index (κ2) is 4.49. The molecule has 0 saturated carbocycles. The highest BCUT2D eigenvalue weighted by atomic mass is 19.4. The number of H-pyrrole nitrogens is 1. The van der Waals surface area contributed by atoms with Gasteiger partial charge in [-0.2, -0.15) is 13.2 Å². The molecule has 0 amide bonds. The maximum absolute atomic E-state index is 12.5. The van der Waals surface area contributed by atoms with E-state index in [1.165, 1.54) is 0 Å². The maximum atomic E-state index is 12.5. The van der Waals surface area contributed by atoms with Crippen LogP contribution in [0.15, 0.2) is 35.1 Å². The average molecular weight is 271 g/mol. The van der Waals surface area contributed by atoms with Crippen LogP contribution in [-0.2, 0) is 6.18 Å². The monoisotopic (exact) mass is 271 g/mol. The summed E-state index contributed by atoms with van der Waals surface area (Å²) >= 11 is 0. The lowest BCUT2D eigenvalue weighted by molar-refractivity contribution is -0.141. The van der Waals surface area contributed by atoms with E-state index in [2.05, 4.69) is 5.10 Å². The summed E-state index contributed by atoms with van der Waals surface area (Å²) in [5, 5.41) is 2.05. The summed E-state index contributed by atoms with van der Waals surface area (Å²) in [6, 6.07) is 7.13. The molecule has 0 fully saturated rings. The van der Waals surface area contributed by atoms with Gasteiger partial charge in [-0.3, -0.25) is 9.89 Å². The quantitative estimate of drug-likeness (QED) is 0.910. The number of aromatic nitrogens is 2. The number of aromatic amines is 1. The molecule has 0 bridgehead atoms. The third-order valence-corrected chi connectivity index (χ3v) is 2.65. The van der Waals surface area contributed by atoms with Crippen LogP contribution in [0, 0.1) is 0 Å². The van der Waals surface area contributed by atoms with Crippen LogP contribution in [0.4, 0.5) is 18.9 Å². The van der Waals surface area contributed by atoms with Crippen LogP contribution in [0.2, 0.25) is 0 Å². The number of hydrogen-bond acceptors (Lipinski definition) is 2. The molecule has 1 aromatic carbocycles. The molecule has 0 aliphatic rings. The van der Waals surface area contributed by atoms with Gasteiger partial charge in [0.05, 0.1) is 5.69 Å². The van der Waals surface area contributed by atoms with Crippen LogP contribution in [0.5, 0.6) is 0 Å². The third-order valence-electron chi connectivity index (χ3n) is 2.65. The van der Waals surface area contributed by atoms with E-state index in [0.717, 1.165) is 10.4 Å². The molecule has 0 aliphatic heterocycles. The first-order valence-corrected chi connectivity index (χ1v) is 5.46. The molecule has 102 valence electrons. The van der Waals surface area contributed by atoms with Crippen LogP contribution < -0.4 is 10.5 Å². The zero-order chi connectivity index (χ0) is 14.2. The number of nitrogens with zero attached hydrogens (tertiary/aromatic N) is 2. The molecule has 4 nitrogen and oxygen atoms in total. The van der Waals surface area contributed by atoms with Crippen LogP contribution >= 0.6 is 0 Å². The second-order valence-electron chi connectivity index (χ2n) is 4.25. The molecule has 1 aromatic heterocycles. The molecule has 2 aromatic rings. The Morgan fingerprint density at radius 3 is 2.16 bits per heavy atom. The Labute approximate surface area is 107 Å². The summed E-state index contributed by atoms with van der Waals surface area (Å²) in [7, 11) is 3.69. The lowest BCUT2D eigenvalue weighted by Gasteiger charge is -2.12. The van der Waals surface area contributed by atoms with E-state index in [9.17, 15) is 18.0 Å². The van der Waals surface area contributed by atoms with Crippen molar-refractivity contribution in [3.8, 4) is 5.69 Å². The SMILES string of the molecule is CN(C)c1ccc(-n2[nH]c(C(F)(F)F)cc2=O)cc1. The van der Waals surface area contributed by atoms with Crippen LogP contribution in [-0.4, -0.2) is 23.9 Å². The molecule has 7 heteroatoms. The molecule has 0 radical (unpaired) electrons. The summed E-state index contributed by atoms with van der Waals surface area (Å²) in [6.07, 6.45) is -4.56. The van der Waals surface area contributed by atoms with Crippen molar-refractivity contribution in [2.24, 2.45) is 0 Å². The van der Waals surface area contributed by atoms with E-state index < -0.39 is 17.4 Å². The molecule has 19 heavy (non-hydrogen) atoms. The van der Waals surface area contributed by atoms with Gasteiger partial charge in [-0.1, -0.05) is 0 Å². The molecule has 0 unspecified atom stereocenters. The normalized spacial score (nSPS) is 11.6. The highest BCUT2D eigenvalue weighted by Gasteiger charge is 2.33. The van der Waals surface area contributed by atoms with E-state index in [1.54, 1.807) is 24.3 Å². The fourth-order valence-corrected chi connectivity index (χ4v) is 1.63. The zero-order valence-electron chi connectivity index (χ0n) is 10.3. The van der Waals surface area contributed by atoms with Crippen molar-refractivity contribution in [2.75, 3.05) is 19.0 Å². The Balaban J connectivity index is 2.42. The number of alkyl halides is 3. The van der Waals surface area contributed by atoms with Gasteiger partial charge in [0.2, 0.25) is 0 Å². The minimum Gasteiger partial charge on any atom is -0.378 e. The lowest BCUT2D eigenvalue weighted by atomic mass is 10.2. The minimum absolute atomic E-state index is 0.353. The second-order valence-corrected chi connectivity index (χ2v) is 4.25. The van der Waals surface area contributed by atoms with Gasteiger partial charge in [0.1, 0.15) is 5.69 Å². The van der Waals surface area contributed by atoms with Gasteiger partial charge < -0.3 is 4.90 Å². The fourth-order valence-electron chi connectivity index (χ4n) is 1.63. The number of nitrogens with one attached hydrogen (secondary N) is 1. The third kappa shape index (κ3) is 2.64. The van der Waals surface area contributed by atoms with Crippen LogP contribution in [0.3, 0.4) is 0 Å². The molecule has 2 rings (SSSR count). The first-order chi connectivity index (χ1) is 8.79. The van der Waals surface area contributed by atoms with E-state index in [1.807, 2.05) is 19.0 Å². The molecule has 0 atom stereocenters. The highest BCUT2D eigenvalue weighted by Crippen LogP contribution is 2.26. The predicted molar refractivity (Wildman–Crippen MR) is 65.7 cm³/mol. The number of benzene rings is 1. The smallest absolute Gasteiger partial charge is 0.378 e. The standard InChI is InChI=1S/C12H12F3N3O/c1-17(2)8-3-5-9(6-4-8)18-11(19)7-10(16-18)12(13,14)15/h3-7,16H,1-2H3. The van der Waals surface area contributed by atoms with Crippen molar-refractivity contribution in [3.05, 3.63) is 46.4 Å². The van der Waals surface area contributed by atoms with Gasteiger partial charge in [0.15, 0.2) is 0 Å². The number of hydrogen-bond donors (Lipinski definition) is 1. The van der Waals surface area contributed by atoms with Crippen molar-refractivity contribution >= 4 is 5.69 Å². The van der Waals surface area contributed by atoms with Crippen molar-refractivity contribution in [1.82, 2.24) is 9.78 Å². The molecule has 0 spiro atoms. The highest BCUT2D eigenvalue weighted by molar-refractivity contribution is 5.49. The number of rotatable bonds is 2. The number of anilines is 1. The lowest BCUT2D eigenvalue weighted by Crippen LogP contribution is -2.14. The summed E-state index contributed by atoms with van der Waals surface area (Å²) in [5.74, 6) is 0. The topological polar surface area (TPSA) is 41.0 Å². The zero-order valence-corrected chi connectivity index (χ0v) is 10.3. The van der Waals surface area contributed by atoms with E-state index in [-0.39, 0.29) is 0 Å². The van der Waals surface area contributed by atoms with E-state index in [4.69, 9.17) is 0 Å². The van der Waals surface area contributed by atoms with Gasteiger partial charge in [0.25, 0.3) is 5.56 Å². The van der Waals surface area contributed by atoms with Gasteiger partial charge in [-0.15, -0.1) is 0 Å². The first kappa shape index (κ1) is 13.3. The van der Waals surface area contributed by atoms with Gasteiger partial charge in [-0.25, -0.2) is 4.68 Å². The summed E-state index contributed by atoms with van der Waals surface area (Å²) in [5.41, 5.74) is -0.565. The predicted octanol–water partition coefficient (Wildman–Crippen LogP) is 2.25. The largest absolute Gasteiger partial charge is 0.432 e. The van der Waals surface area contributed by atoms with E-state index >= 15 is 0 Å². The molecular weight excluding hydrogens is 259 g/mol. The fraction of sp³-hybridized carbons (Fsp3) is 0.250. The molecule has 1 heterocycles. The van der Waals surface area contributed by atoms with E-state index in [0.29, 0.717) is 11.8 Å². The number of halogens is 3. The Hall–Kier alpha value is -2.18. The van der Waals surface area contributed by atoms with Gasteiger partial charge in [-0.05, 0) is 24.3 Å². The summed E-state index contributed by atoms with van der Waals surface area (Å²) in [6.45, 7) is 0. The maximum Gasteiger partial charge on any atom is 0.432 e. The van der Waals surface area contributed by atoms with Crippen molar-refractivity contribution in [2.45, 2.75) is 6.18 Å². The Morgan fingerprint density at radius 1 is 1.16 bits per heavy atom. The van der Waals surface area contributed by atoms with Crippen molar-refractivity contribution < 1.29 is 13.2 Å². The Bertz CT molecular complexity index is 623.